The first kappa shape index (κ1) is 43.0. The SMILES string of the molecule is CC(C)(C)c1cc(Br)c(C(C)(C)/C=C/CCCCCCCC/C=C/C(C)(C)c2c(Br)cc(C(C)(C)C)cc2C(C)(C)C)c(C(C)(C)C)c1. The molecular weight excluding hydrogens is 712 g/mol. The molecule has 0 fully saturated rings. The highest BCUT2D eigenvalue weighted by molar-refractivity contribution is 9.10. The summed E-state index contributed by atoms with van der Waals surface area (Å²) in [7, 11) is 0. The molecule has 0 saturated carbocycles. The molecule has 270 valence electrons. The third-order valence-electron chi connectivity index (χ3n) is 9.88. The van der Waals surface area contributed by atoms with Crippen molar-refractivity contribution in [2.24, 2.45) is 0 Å². The highest BCUT2D eigenvalue weighted by atomic mass is 79.9. The molecule has 0 aliphatic rings. The molecule has 0 amide bonds. The Morgan fingerprint density at radius 3 is 0.979 bits per heavy atom. The minimum atomic E-state index is -0.0276. The minimum Gasteiger partial charge on any atom is -0.0877 e. The van der Waals surface area contributed by atoms with Gasteiger partial charge in [0.1, 0.15) is 0 Å². The summed E-state index contributed by atoms with van der Waals surface area (Å²) in [6, 6.07) is 9.62. The smallest absolute Gasteiger partial charge is 0.0221 e. The quantitative estimate of drug-likeness (QED) is 0.140. The van der Waals surface area contributed by atoms with Crippen molar-refractivity contribution in [3.63, 3.8) is 0 Å². The van der Waals surface area contributed by atoms with Crippen LogP contribution >= 0.6 is 31.9 Å². The number of halogens is 2. The van der Waals surface area contributed by atoms with Gasteiger partial charge in [0.05, 0.1) is 0 Å². The first-order valence-electron chi connectivity index (χ1n) is 18.7. The Morgan fingerprint density at radius 1 is 0.417 bits per heavy atom. The fraction of sp³-hybridized carbons (Fsp3) is 0.652. The molecule has 0 bridgehead atoms. The number of allylic oxidation sites excluding steroid dienone is 4. The van der Waals surface area contributed by atoms with Crippen LogP contribution in [0.5, 0.6) is 0 Å². The molecule has 48 heavy (non-hydrogen) atoms. The van der Waals surface area contributed by atoms with Crippen LogP contribution in [0.25, 0.3) is 0 Å². The van der Waals surface area contributed by atoms with E-state index in [1.165, 1.54) is 80.9 Å². The number of hydrogen-bond donors (Lipinski definition) is 0. The Kier molecular flexibility index (Phi) is 14.8. The third kappa shape index (κ3) is 12.3. The fourth-order valence-electron chi connectivity index (χ4n) is 6.73. The van der Waals surface area contributed by atoms with E-state index in [4.69, 9.17) is 0 Å². The predicted molar refractivity (Wildman–Crippen MR) is 224 cm³/mol. The van der Waals surface area contributed by atoms with E-state index >= 15 is 0 Å². The van der Waals surface area contributed by atoms with Crippen molar-refractivity contribution in [2.45, 2.75) is 195 Å². The zero-order chi connectivity index (χ0) is 36.9. The van der Waals surface area contributed by atoms with Crippen molar-refractivity contribution >= 4 is 31.9 Å². The molecule has 2 aromatic carbocycles. The maximum Gasteiger partial charge on any atom is 0.0221 e. The molecule has 0 atom stereocenters. The summed E-state index contributed by atoms with van der Waals surface area (Å²) in [6.07, 6.45) is 19.9. The summed E-state index contributed by atoms with van der Waals surface area (Å²) >= 11 is 7.99. The van der Waals surface area contributed by atoms with Crippen molar-refractivity contribution in [1.29, 1.82) is 0 Å². The van der Waals surface area contributed by atoms with Gasteiger partial charge in [-0.3, -0.25) is 0 Å². The maximum atomic E-state index is 3.99. The fourth-order valence-corrected chi connectivity index (χ4v) is 8.67. The summed E-state index contributed by atoms with van der Waals surface area (Å²) in [6.45, 7) is 37.4. The van der Waals surface area contributed by atoms with E-state index in [0.29, 0.717) is 0 Å². The summed E-state index contributed by atoms with van der Waals surface area (Å²) in [4.78, 5) is 0. The molecular formula is C46H72Br2. The van der Waals surface area contributed by atoms with Gasteiger partial charge in [-0.05, 0) is 92.9 Å². The molecule has 0 N–H and O–H groups in total. The summed E-state index contributed by atoms with van der Waals surface area (Å²) in [5.41, 5.74) is 8.92. The topological polar surface area (TPSA) is 0 Å². The van der Waals surface area contributed by atoms with Crippen LogP contribution in [0.1, 0.15) is 196 Å². The number of unbranched alkanes of at least 4 members (excludes halogenated alkanes) is 7. The van der Waals surface area contributed by atoms with Gasteiger partial charge < -0.3 is 0 Å². The summed E-state index contributed by atoms with van der Waals surface area (Å²) < 4.78 is 2.48. The van der Waals surface area contributed by atoms with Gasteiger partial charge in [0.2, 0.25) is 0 Å². The van der Waals surface area contributed by atoms with Crippen molar-refractivity contribution in [1.82, 2.24) is 0 Å². The molecule has 2 heteroatoms. The van der Waals surface area contributed by atoms with Crippen LogP contribution in [-0.2, 0) is 32.5 Å². The van der Waals surface area contributed by atoms with Gasteiger partial charge in [-0.2, -0.15) is 0 Å². The van der Waals surface area contributed by atoms with Gasteiger partial charge in [0.15, 0.2) is 0 Å². The minimum absolute atomic E-state index is 0.0276. The zero-order valence-corrected chi connectivity index (χ0v) is 37.2. The van der Waals surface area contributed by atoms with Gasteiger partial charge in [-0.1, -0.05) is 205 Å². The normalized spacial score (nSPS) is 14.1. The third-order valence-corrected chi connectivity index (χ3v) is 11.1. The Labute approximate surface area is 315 Å². The van der Waals surface area contributed by atoms with Crippen molar-refractivity contribution in [3.8, 4) is 0 Å². The van der Waals surface area contributed by atoms with Crippen molar-refractivity contribution in [3.05, 3.63) is 90.9 Å². The van der Waals surface area contributed by atoms with Crippen LogP contribution in [0.15, 0.2) is 57.5 Å². The monoisotopic (exact) mass is 782 g/mol. The van der Waals surface area contributed by atoms with Crippen LogP contribution < -0.4 is 0 Å². The highest BCUT2D eigenvalue weighted by Gasteiger charge is 2.32. The second-order valence-electron chi connectivity index (χ2n) is 19.7. The molecule has 0 heterocycles. The molecule has 0 radical (unpaired) electrons. The molecule has 0 spiro atoms. The Bertz CT molecular complexity index is 1290. The molecule has 0 aliphatic heterocycles. The molecule has 0 unspecified atom stereocenters. The van der Waals surface area contributed by atoms with Gasteiger partial charge in [0.25, 0.3) is 0 Å². The van der Waals surface area contributed by atoms with Crippen LogP contribution in [0, 0.1) is 0 Å². The lowest BCUT2D eigenvalue weighted by Crippen LogP contribution is -2.25. The average molecular weight is 785 g/mol. The maximum absolute atomic E-state index is 3.99. The lowest BCUT2D eigenvalue weighted by Gasteiger charge is -2.34. The van der Waals surface area contributed by atoms with Gasteiger partial charge >= 0.3 is 0 Å². The first-order valence-corrected chi connectivity index (χ1v) is 20.3. The van der Waals surface area contributed by atoms with E-state index in [1.807, 2.05) is 0 Å². The van der Waals surface area contributed by atoms with Crippen molar-refractivity contribution < 1.29 is 0 Å². The lowest BCUT2D eigenvalue weighted by atomic mass is 9.72. The van der Waals surface area contributed by atoms with E-state index in [2.05, 4.69) is 191 Å². The summed E-state index contributed by atoms with van der Waals surface area (Å²) in [5, 5.41) is 0. The van der Waals surface area contributed by atoms with E-state index in [1.54, 1.807) is 0 Å². The molecule has 0 nitrogen and oxygen atoms in total. The van der Waals surface area contributed by atoms with Crippen molar-refractivity contribution in [2.75, 3.05) is 0 Å². The van der Waals surface area contributed by atoms with Crippen LogP contribution in [-0.4, -0.2) is 0 Å². The number of hydrogen-bond acceptors (Lipinski definition) is 0. The van der Waals surface area contributed by atoms with Crippen LogP contribution in [0.4, 0.5) is 0 Å². The predicted octanol–water partition coefficient (Wildman–Crippen LogP) is 15.9. The van der Waals surface area contributed by atoms with E-state index < -0.39 is 0 Å². The standard InChI is InChI=1S/C46H72Br2/c1-41(2,3)33-29-35(43(7,8)9)39(37(47)31-33)45(13,14)27-25-23-21-19-17-18-20-22-24-26-28-46(15,16)40-36(44(10,11)12)30-34(32-38(40)48)42(4,5)6/h25-32H,17-24H2,1-16H3/b27-25+,28-26+. The molecule has 0 aliphatic carbocycles. The van der Waals surface area contributed by atoms with Gasteiger partial charge in [-0.25, -0.2) is 0 Å². The van der Waals surface area contributed by atoms with E-state index in [-0.39, 0.29) is 32.5 Å². The van der Waals surface area contributed by atoms with E-state index in [0.717, 1.165) is 12.8 Å². The molecule has 0 aromatic heterocycles. The first-order chi connectivity index (χ1) is 21.7. The Balaban J connectivity index is 1.88. The molecule has 2 aromatic rings. The molecule has 0 saturated heterocycles. The van der Waals surface area contributed by atoms with Crippen LogP contribution in [0.2, 0.25) is 0 Å². The number of rotatable bonds is 13. The lowest BCUT2D eigenvalue weighted by molar-refractivity contribution is 0.541. The van der Waals surface area contributed by atoms with Gasteiger partial charge in [-0.15, -0.1) is 0 Å². The Morgan fingerprint density at radius 2 is 0.708 bits per heavy atom. The van der Waals surface area contributed by atoms with E-state index in [9.17, 15) is 0 Å². The second-order valence-corrected chi connectivity index (χ2v) is 21.4. The highest BCUT2D eigenvalue weighted by Crippen LogP contribution is 2.44. The van der Waals surface area contributed by atoms with Crippen LogP contribution in [0.3, 0.4) is 0 Å². The number of benzene rings is 2. The average Bonchev–Trinajstić information content (AvgIpc) is 2.90. The largest absolute Gasteiger partial charge is 0.0877 e. The zero-order valence-electron chi connectivity index (χ0n) is 34.0. The second kappa shape index (κ2) is 16.5. The van der Waals surface area contributed by atoms with Gasteiger partial charge in [0, 0.05) is 19.8 Å². The molecule has 2 rings (SSSR count). The Hall–Kier alpha value is -1.12. The summed E-state index contributed by atoms with van der Waals surface area (Å²) in [5.74, 6) is 0.